The molecule has 0 aromatic rings. The SMILES string of the molecule is CCCC[C@@H](CCCCCO)C(C)CC. The number of aliphatic hydroxyl groups excluding tert-OH is 1. The Balaban J connectivity index is 3.69. The Morgan fingerprint density at radius 2 is 1.60 bits per heavy atom. The van der Waals surface area contributed by atoms with Crippen LogP contribution in [0.5, 0.6) is 0 Å². The van der Waals surface area contributed by atoms with Crippen LogP contribution in [-0.4, -0.2) is 11.7 Å². The minimum Gasteiger partial charge on any atom is -0.396 e. The van der Waals surface area contributed by atoms with Crippen LogP contribution in [0.25, 0.3) is 0 Å². The number of rotatable bonds is 10. The van der Waals surface area contributed by atoms with Crippen LogP contribution < -0.4 is 0 Å². The first-order valence-electron chi connectivity index (χ1n) is 6.87. The minimum absolute atomic E-state index is 0.364. The zero-order valence-corrected chi connectivity index (χ0v) is 11.0. The van der Waals surface area contributed by atoms with Crippen molar-refractivity contribution in [2.75, 3.05) is 6.61 Å². The van der Waals surface area contributed by atoms with Crippen molar-refractivity contribution in [3.63, 3.8) is 0 Å². The molecule has 1 heteroatoms. The number of unbranched alkanes of at least 4 members (excludes halogenated alkanes) is 3. The normalized spacial score (nSPS) is 15.2. The van der Waals surface area contributed by atoms with Crippen LogP contribution in [-0.2, 0) is 0 Å². The van der Waals surface area contributed by atoms with Gasteiger partial charge in [-0.25, -0.2) is 0 Å². The first kappa shape index (κ1) is 15.0. The molecular formula is C14H30O. The van der Waals surface area contributed by atoms with E-state index in [1.807, 2.05) is 0 Å². The number of hydrogen-bond donors (Lipinski definition) is 1. The lowest BCUT2D eigenvalue weighted by Gasteiger charge is -2.22. The summed E-state index contributed by atoms with van der Waals surface area (Å²) in [7, 11) is 0. The second-order valence-corrected chi connectivity index (χ2v) is 4.86. The van der Waals surface area contributed by atoms with Crippen LogP contribution in [0.3, 0.4) is 0 Å². The van der Waals surface area contributed by atoms with Crippen molar-refractivity contribution in [1.29, 1.82) is 0 Å². The maximum absolute atomic E-state index is 8.73. The fourth-order valence-corrected chi connectivity index (χ4v) is 2.21. The molecule has 0 radical (unpaired) electrons. The first-order valence-corrected chi connectivity index (χ1v) is 6.87. The summed E-state index contributed by atoms with van der Waals surface area (Å²) < 4.78 is 0. The lowest BCUT2D eigenvalue weighted by Crippen LogP contribution is -2.11. The van der Waals surface area contributed by atoms with Gasteiger partial charge in [-0.3, -0.25) is 0 Å². The summed E-state index contributed by atoms with van der Waals surface area (Å²) >= 11 is 0. The van der Waals surface area contributed by atoms with Gasteiger partial charge in [-0.1, -0.05) is 65.7 Å². The summed E-state index contributed by atoms with van der Waals surface area (Å²) in [4.78, 5) is 0. The van der Waals surface area contributed by atoms with Crippen LogP contribution in [0.1, 0.15) is 72.1 Å². The van der Waals surface area contributed by atoms with Crippen molar-refractivity contribution < 1.29 is 5.11 Å². The van der Waals surface area contributed by atoms with Crippen molar-refractivity contribution in [3.05, 3.63) is 0 Å². The van der Waals surface area contributed by atoms with E-state index >= 15 is 0 Å². The monoisotopic (exact) mass is 214 g/mol. The van der Waals surface area contributed by atoms with Gasteiger partial charge >= 0.3 is 0 Å². The highest BCUT2D eigenvalue weighted by Crippen LogP contribution is 2.26. The second-order valence-electron chi connectivity index (χ2n) is 4.86. The Kier molecular flexibility index (Phi) is 10.4. The molecule has 0 fully saturated rings. The van der Waals surface area contributed by atoms with Gasteiger partial charge in [0.25, 0.3) is 0 Å². The second kappa shape index (κ2) is 10.5. The Morgan fingerprint density at radius 1 is 0.933 bits per heavy atom. The Morgan fingerprint density at radius 3 is 2.13 bits per heavy atom. The van der Waals surface area contributed by atoms with Gasteiger partial charge in [-0.2, -0.15) is 0 Å². The van der Waals surface area contributed by atoms with E-state index in [9.17, 15) is 0 Å². The standard InChI is InChI=1S/C14H30O/c1-4-6-10-14(13(3)5-2)11-8-7-9-12-15/h13-15H,4-12H2,1-3H3/t13?,14-/m0/s1. The highest BCUT2D eigenvalue weighted by molar-refractivity contribution is 4.66. The highest BCUT2D eigenvalue weighted by atomic mass is 16.2. The van der Waals surface area contributed by atoms with Gasteiger partial charge in [-0.05, 0) is 18.3 Å². The molecule has 0 saturated carbocycles. The Bertz CT molecular complexity index is 123. The van der Waals surface area contributed by atoms with Gasteiger partial charge in [0, 0.05) is 6.61 Å². The zero-order valence-electron chi connectivity index (χ0n) is 11.0. The quantitative estimate of drug-likeness (QED) is 0.535. The van der Waals surface area contributed by atoms with Crippen LogP contribution in [0.4, 0.5) is 0 Å². The van der Waals surface area contributed by atoms with Gasteiger partial charge in [0.15, 0.2) is 0 Å². The van der Waals surface area contributed by atoms with E-state index in [4.69, 9.17) is 5.11 Å². The highest BCUT2D eigenvalue weighted by Gasteiger charge is 2.14. The average Bonchev–Trinajstić information content (AvgIpc) is 2.27. The molecule has 0 saturated heterocycles. The molecule has 0 aliphatic heterocycles. The summed E-state index contributed by atoms with van der Waals surface area (Å²) in [5.41, 5.74) is 0. The number of hydrogen-bond acceptors (Lipinski definition) is 1. The third-order valence-electron chi connectivity index (χ3n) is 3.61. The fraction of sp³-hybridized carbons (Fsp3) is 1.00. The van der Waals surface area contributed by atoms with E-state index < -0.39 is 0 Å². The molecule has 0 amide bonds. The molecule has 0 aliphatic carbocycles. The largest absolute Gasteiger partial charge is 0.396 e. The molecule has 0 aliphatic rings. The summed E-state index contributed by atoms with van der Waals surface area (Å²) in [6.07, 6.45) is 10.3. The van der Waals surface area contributed by atoms with E-state index in [1.165, 1.54) is 44.9 Å². The topological polar surface area (TPSA) is 20.2 Å². The molecule has 1 N–H and O–H groups in total. The van der Waals surface area contributed by atoms with E-state index in [1.54, 1.807) is 0 Å². The van der Waals surface area contributed by atoms with Gasteiger partial charge in [0.1, 0.15) is 0 Å². The summed E-state index contributed by atoms with van der Waals surface area (Å²) in [6.45, 7) is 7.34. The van der Waals surface area contributed by atoms with Crippen LogP contribution in [0, 0.1) is 11.8 Å². The predicted octanol–water partition coefficient (Wildman–Crippen LogP) is 4.39. The fourth-order valence-electron chi connectivity index (χ4n) is 2.21. The van der Waals surface area contributed by atoms with Gasteiger partial charge in [0.2, 0.25) is 0 Å². The summed E-state index contributed by atoms with van der Waals surface area (Å²) in [6, 6.07) is 0. The molecule has 0 rings (SSSR count). The molecule has 0 heterocycles. The smallest absolute Gasteiger partial charge is 0.0431 e. The third kappa shape index (κ3) is 7.84. The van der Waals surface area contributed by atoms with Crippen LogP contribution in [0.2, 0.25) is 0 Å². The van der Waals surface area contributed by atoms with Gasteiger partial charge in [0.05, 0.1) is 0 Å². The molecule has 0 aromatic carbocycles. The van der Waals surface area contributed by atoms with E-state index in [2.05, 4.69) is 20.8 Å². The van der Waals surface area contributed by atoms with Crippen molar-refractivity contribution >= 4 is 0 Å². The molecular weight excluding hydrogens is 184 g/mol. The first-order chi connectivity index (χ1) is 7.26. The van der Waals surface area contributed by atoms with E-state index in [0.29, 0.717) is 6.61 Å². The van der Waals surface area contributed by atoms with Gasteiger partial charge < -0.3 is 5.11 Å². The van der Waals surface area contributed by atoms with Crippen LogP contribution in [0.15, 0.2) is 0 Å². The molecule has 15 heavy (non-hydrogen) atoms. The van der Waals surface area contributed by atoms with Crippen LogP contribution >= 0.6 is 0 Å². The van der Waals surface area contributed by atoms with E-state index in [-0.39, 0.29) is 0 Å². The molecule has 2 atom stereocenters. The molecule has 0 aromatic heterocycles. The van der Waals surface area contributed by atoms with Crippen molar-refractivity contribution in [2.24, 2.45) is 11.8 Å². The molecule has 0 spiro atoms. The third-order valence-corrected chi connectivity index (χ3v) is 3.61. The van der Waals surface area contributed by atoms with Crippen molar-refractivity contribution in [1.82, 2.24) is 0 Å². The molecule has 1 unspecified atom stereocenters. The van der Waals surface area contributed by atoms with Gasteiger partial charge in [-0.15, -0.1) is 0 Å². The summed E-state index contributed by atoms with van der Waals surface area (Å²) in [5, 5.41) is 8.73. The number of aliphatic hydroxyl groups is 1. The molecule has 1 nitrogen and oxygen atoms in total. The predicted molar refractivity (Wildman–Crippen MR) is 68.0 cm³/mol. The Labute approximate surface area is 96.3 Å². The molecule has 0 bridgehead atoms. The Hall–Kier alpha value is -0.0400. The van der Waals surface area contributed by atoms with Crippen molar-refractivity contribution in [3.8, 4) is 0 Å². The lowest BCUT2D eigenvalue weighted by molar-refractivity contribution is 0.266. The minimum atomic E-state index is 0.364. The maximum atomic E-state index is 8.73. The maximum Gasteiger partial charge on any atom is 0.0431 e. The lowest BCUT2D eigenvalue weighted by atomic mass is 9.83. The molecule has 92 valence electrons. The average molecular weight is 214 g/mol. The van der Waals surface area contributed by atoms with Crippen molar-refractivity contribution in [2.45, 2.75) is 72.1 Å². The summed E-state index contributed by atoms with van der Waals surface area (Å²) in [5.74, 6) is 1.80. The van der Waals surface area contributed by atoms with E-state index in [0.717, 1.165) is 18.3 Å². The zero-order chi connectivity index (χ0) is 11.5.